The molecule has 1 aromatic heterocycles. The van der Waals surface area contributed by atoms with Crippen LogP contribution in [0.3, 0.4) is 0 Å². The van der Waals surface area contributed by atoms with Gasteiger partial charge in [0.25, 0.3) is 0 Å². The maximum atomic E-state index is 4.99. The highest BCUT2D eigenvalue weighted by atomic mass is 32.2. The Kier molecular flexibility index (Phi) is 6.20. The minimum Gasteiger partial charge on any atom is -0.384 e. The highest BCUT2D eigenvalue weighted by molar-refractivity contribution is 7.98. The summed E-state index contributed by atoms with van der Waals surface area (Å²) >= 11 is 1.84. The molecule has 0 amide bonds. The summed E-state index contributed by atoms with van der Waals surface area (Å²) < 4.78 is 4.99. The molecule has 4 heteroatoms. The van der Waals surface area contributed by atoms with Crippen LogP contribution in [-0.2, 0) is 10.5 Å². The number of hydrogen-bond donors (Lipinski definition) is 1. The molecule has 0 aromatic carbocycles. The summed E-state index contributed by atoms with van der Waals surface area (Å²) in [5, 5.41) is 3.20. The maximum absolute atomic E-state index is 4.99. The summed E-state index contributed by atoms with van der Waals surface area (Å²) in [4.78, 5) is 4.49. The lowest BCUT2D eigenvalue weighted by Crippen LogP contribution is -2.00. The molecule has 1 N–H and O–H groups in total. The lowest BCUT2D eigenvalue weighted by atomic mass is 10.4. The third kappa shape index (κ3) is 5.04. The number of rotatable bonds is 7. The third-order valence-electron chi connectivity index (χ3n) is 1.85. The van der Waals surface area contributed by atoms with E-state index in [1.807, 2.05) is 23.9 Å². The first-order chi connectivity index (χ1) is 7.36. The van der Waals surface area contributed by atoms with E-state index in [4.69, 9.17) is 4.74 Å². The van der Waals surface area contributed by atoms with Gasteiger partial charge in [-0.05, 0) is 19.1 Å². The molecule has 0 spiro atoms. The highest BCUT2D eigenvalue weighted by Crippen LogP contribution is 2.12. The molecule has 3 nitrogen and oxygen atoms in total. The summed E-state index contributed by atoms with van der Waals surface area (Å²) in [6.07, 6.45) is 0. The monoisotopic (exact) mass is 226 g/mol. The molecule has 84 valence electrons. The third-order valence-corrected chi connectivity index (χ3v) is 2.80. The van der Waals surface area contributed by atoms with Crippen molar-refractivity contribution in [2.45, 2.75) is 12.7 Å². The van der Waals surface area contributed by atoms with E-state index in [1.54, 1.807) is 7.11 Å². The van der Waals surface area contributed by atoms with Crippen LogP contribution in [0.1, 0.15) is 12.6 Å². The lowest BCUT2D eigenvalue weighted by Gasteiger charge is -2.05. The Morgan fingerprint density at radius 3 is 3.07 bits per heavy atom. The predicted octanol–water partition coefficient (Wildman–Crippen LogP) is 2.39. The van der Waals surface area contributed by atoms with Crippen molar-refractivity contribution in [3.63, 3.8) is 0 Å². The minimum atomic E-state index is 0.803. The van der Waals surface area contributed by atoms with Gasteiger partial charge in [0.05, 0.1) is 12.3 Å². The predicted molar refractivity (Wildman–Crippen MR) is 66.4 cm³/mol. The van der Waals surface area contributed by atoms with Gasteiger partial charge in [0.15, 0.2) is 0 Å². The molecule has 0 fully saturated rings. The van der Waals surface area contributed by atoms with Crippen molar-refractivity contribution >= 4 is 17.6 Å². The van der Waals surface area contributed by atoms with Crippen molar-refractivity contribution in [2.75, 3.05) is 31.3 Å². The van der Waals surface area contributed by atoms with Crippen LogP contribution in [0.25, 0.3) is 0 Å². The average Bonchev–Trinajstić information content (AvgIpc) is 2.26. The number of aromatic nitrogens is 1. The topological polar surface area (TPSA) is 34.1 Å². The molecule has 0 aliphatic heterocycles. The zero-order chi connectivity index (χ0) is 10.9. The molecule has 0 saturated heterocycles. The largest absolute Gasteiger partial charge is 0.384 e. The number of pyridine rings is 1. The van der Waals surface area contributed by atoms with Crippen molar-refractivity contribution in [1.29, 1.82) is 0 Å². The molecule has 1 rings (SSSR count). The van der Waals surface area contributed by atoms with Gasteiger partial charge < -0.3 is 10.1 Å². The van der Waals surface area contributed by atoms with Gasteiger partial charge in [0, 0.05) is 25.2 Å². The summed E-state index contributed by atoms with van der Waals surface area (Å²) in [6.45, 7) is 3.78. The molecule has 0 saturated carbocycles. The second-order valence-electron chi connectivity index (χ2n) is 3.09. The van der Waals surface area contributed by atoms with E-state index in [0.717, 1.165) is 36.2 Å². The zero-order valence-electron chi connectivity index (χ0n) is 9.32. The fourth-order valence-electron chi connectivity index (χ4n) is 1.16. The number of thioether (sulfide) groups is 1. The average molecular weight is 226 g/mol. The Labute approximate surface area is 95.6 Å². The number of ether oxygens (including phenoxy) is 1. The second-order valence-corrected chi connectivity index (χ2v) is 4.20. The second kappa shape index (κ2) is 7.54. The van der Waals surface area contributed by atoms with E-state index in [-0.39, 0.29) is 0 Å². The SMILES string of the molecule is CCNc1cccc(CSCCOC)n1. The van der Waals surface area contributed by atoms with Gasteiger partial charge in [-0.15, -0.1) is 0 Å². The molecule has 0 aliphatic carbocycles. The Bertz CT molecular complexity index is 281. The normalized spacial score (nSPS) is 10.3. The van der Waals surface area contributed by atoms with Gasteiger partial charge in [0.1, 0.15) is 5.82 Å². The molecule has 0 bridgehead atoms. The van der Waals surface area contributed by atoms with E-state index in [0.29, 0.717) is 0 Å². The minimum absolute atomic E-state index is 0.803. The van der Waals surface area contributed by atoms with E-state index < -0.39 is 0 Å². The van der Waals surface area contributed by atoms with Crippen LogP contribution >= 0.6 is 11.8 Å². The Morgan fingerprint density at radius 1 is 1.47 bits per heavy atom. The Balaban J connectivity index is 2.36. The maximum Gasteiger partial charge on any atom is 0.126 e. The zero-order valence-corrected chi connectivity index (χ0v) is 10.1. The molecular weight excluding hydrogens is 208 g/mol. The standard InChI is InChI=1S/C11H18N2OS/c1-3-12-11-6-4-5-10(13-11)9-15-8-7-14-2/h4-6H,3,7-9H2,1-2H3,(H,12,13). The fourth-order valence-corrected chi connectivity index (χ4v) is 1.96. The van der Waals surface area contributed by atoms with Gasteiger partial charge in [-0.1, -0.05) is 6.07 Å². The van der Waals surface area contributed by atoms with Gasteiger partial charge in [-0.25, -0.2) is 4.98 Å². The van der Waals surface area contributed by atoms with Gasteiger partial charge in [-0.2, -0.15) is 11.8 Å². The van der Waals surface area contributed by atoms with Crippen LogP contribution in [0.5, 0.6) is 0 Å². The van der Waals surface area contributed by atoms with Gasteiger partial charge >= 0.3 is 0 Å². The van der Waals surface area contributed by atoms with E-state index in [9.17, 15) is 0 Å². The van der Waals surface area contributed by atoms with Gasteiger partial charge in [0.2, 0.25) is 0 Å². The van der Waals surface area contributed by atoms with Crippen LogP contribution in [0.4, 0.5) is 5.82 Å². The summed E-state index contributed by atoms with van der Waals surface area (Å²) in [5.41, 5.74) is 1.12. The van der Waals surface area contributed by atoms with E-state index in [1.165, 1.54) is 0 Å². The molecule has 0 unspecified atom stereocenters. The quantitative estimate of drug-likeness (QED) is 0.724. The van der Waals surface area contributed by atoms with Crippen molar-refractivity contribution in [2.24, 2.45) is 0 Å². The summed E-state index contributed by atoms with van der Waals surface area (Å²) in [6, 6.07) is 6.09. The number of nitrogens with one attached hydrogen (secondary N) is 1. The first kappa shape index (κ1) is 12.3. The highest BCUT2D eigenvalue weighted by Gasteiger charge is 1.97. The number of nitrogens with zero attached hydrogens (tertiary/aromatic N) is 1. The van der Waals surface area contributed by atoms with Crippen molar-refractivity contribution in [3.05, 3.63) is 23.9 Å². The van der Waals surface area contributed by atoms with Crippen LogP contribution in [0.2, 0.25) is 0 Å². The van der Waals surface area contributed by atoms with Crippen molar-refractivity contribution in [1.82, 2.24) is 4.98 Å². The Hall–Kier alpha value is -0.740. The fraction of sp³-hybridized carbons (Fsp3) is 0.545. The number of anilines is 1. The molecule has 1 heterocycles. The van der Waals surface area contributed by atoms with Crippen molar-refractivity contribution < 1.29 is 4.74 Å². The van der Waals surface area contributed by atoms with Crippen LogP contribution in [0, 0.1) is 0 Å². The number of hydrogen-bond acceptors (Lipinski definition) is 4. The molecule has 0 radical (unpaired) electrons. The number of methoxy groups -OCH3 is 1. The molecular formula is C11H18N2OS. The Morgan fingerprint density at radius 2 is 2.33 bits per heavy atom. The smallest absolute Gasteiger partial charge is 0.126 e. The lowest BCUT2D eigenvalue weighted by molar-refractivity contribution is 0.218. The van der Waals surface area contributed by atoms with Crippen LogP contribution in [0.15, 0.2) is 18.2 Å². The molecule has 0 atom stereocenters. The van der Waals surface area contributed by atoms with Crippen LogP contribution < -0.4 is 5.32 Å². The van der Waals surface area contributed by atoms with Crippen molar-refractivity contribution in [3.8, 4) is 0 Å². The first-order valence-electron chi connectivity index (χ1n) is 5.13. The molecule has 0 aliphatic rings. The van der Waals surface area contributed by atoms with E-state index >= 15 is 0 Å². The molecule has 1 aromatic rings. The van der Waals surface area contributed by atoms with Crippen LogP contribution in [-0.4, -0.2) is 31.0 Å². The van der Waals surface area contributed by atoms with Gasteiger partial charge in [-0.3, -0.25) is 0 Å². The summed E-state index contributed by atoms with van der Waals surface area (Å²) in [5.74, 6) is 2.92. The van der Waals surface area contributed by atoms with E-state index in [2.05, 4.69) is 23.3 Å². The molecule has 15 heavy (non-hydrogen) atoms. The summed E-state index contributed by atoms with van der Waals surface area (Å²) in [7, 11) is 1.73. The first-order valence-corrected chi connectivity index (χ1v) is 6.28.